The Morgan fingerprint density at radius 3 is 2.06 bits per heavy atom. The van der Waals surface area contributed by atoms with Gasteiger partial charge in [-0.2, -0.15) is 4.31 Å². The minimum atomic E-state index is -3.89. The molecule has 0 unspecified atom stereocenters. The second kappa shape index (κ2) is 10.4. The lowest BCUT2D eigenvalue weighted by Gasteiger charge is -2.31. The zero-order chi connectivity index (χ0) is 26.2. The van der Waals surface area contributed by atoms with Crippen LogP contribution in [0.3, 0.4) is 0 Å². The van der Waals surface area contributed by atoms with Crippen molar-refractivity contribution < 1.29 is 18.0 Å². The van der Waals surface area contributed by atoms with Gasteiger partial charge in [-0.05, 0) is 77.8 Å². The number of aryl methyl sites for hydroxylation is 5. The van der Waals surface area contributed by atoms with Crippen LogP contribution in [0.1, 0.15) is 70.5 Å². The molecule has 0 aliphatic carbocycles. The van der Waals surface area contributed by atoms with Gasteiger partial charge in [0.2, 0.25) is 15.9 Å². The molecule has 3 heterocycles. The number of piperidine rings is 2. The largest absolute Gasteiger partial charge is 0.361 e. The number of hydrogen-bond donors (Lipinski definition) is 2. The SMILES string of the molecule is Cc1cc(C)c(NC(=O)C2CCN(S(=O)(=O)c3c(C)[nH]c(C)c3C(=O)N3CCCCC3)CC2)c(C)c1. The zero-order valence-electron chi connectivity index (χ0n) is 22.0. The third-order valence-electron chi connectivity index (χ3n) is 7.52. The number of sulfonamides is 1. The number of nitrogens with zero attached hydrogens (tertiary/aromatic N) is 2. The second-order valence-electron chi connectivity index (χ2n) is 10.4. The van der Waals surface area contributed by atoms with E-state index in [-0.39, 0.29) is 41.3 Å². The van der Waals surface area contributed by atoms with Gasteiger partial charge < -0.3 is 15.2 Å². The highest BCUT2D eigenvalue weighted by atomic mass is 32.2. The maximum atomic E-state index is 13.8. The van der Waals surface area contributed by atoms with Gasteiger partial charge in [0.1, 0.15) is 4.90 Å². The minimum Gasteiger partial charge on any atom is -0.361 e. The predicted octanol–water partition coefficient (Wildman–Crippen LogP) is 4.22. The highest BCUT2D eigenvalue weighted by molar-refractivity contribution is 7.89. The molecule has 9 heteroatoms. The third-order valence-corrected chi connectivity index (χ3v) is 9.59. The standard InChI is InChI=1S/C27H38N4O4S/c1-17-15-18(2)24(19(3)16-17)29-26(32)22-9-13-31(14-10-22)36(34,35)25-21(5)28-20(4)23(25)27(33)30-11-7-6-8-12-30/h15-16,22,28H,6-14H2,1-5H3,(H,29,32). The molecule has 4 rings (SSSR count). The fraction of sp³-hybridized carbons (Fsp3) is 0.556. The fourth-order valence-electron chi connectivity index (χ4n) is 5.68. The number of aromatic nitrogens is 1. The Bertz CT molecular complexity index is 1240. The molecule has 0 atom stereocenters. The van der Waals surface area contributed by atoms with E-state index in [0.717, 1.165) is 41.6 Å². The molecule has 2 N–H and O–H groups in total. The second-order valence-corrected chi connectivity index (χ2v) is 12.2. The monoisotopic (exact) mass is 514 g/mol. The molecule has 1 aromatic heterocycles. The van der Waals surface area contributed by atoms with Crippen molar-refractivity contribution in [3.05, 3.63) is 45.8 Å². The summed E-state index contributed by atoms with van der Waals surface area (Å²) in [4.78, 5) is 31.3. The molecule has 2 aromatic rings. The maximum Gasteiger partial charge on any atom is 0.257 e. The van der Waals surface area contributed by atoms with Crippen LogP contribution in [0.4, 0.5) is 5.69 Å². The smallest absolute Gasteiger partial charge is 0.257 e. The summed E-state index contributed by atoms with van der Waals surface area (Å²) in [6.45, 7) is 11.3. The van der Waals surface area contributed by atoms with Crippen LogP contribution in [-0.2, 0) is 14.8 Å². The Balaban J connectivity index is 1.49. The summed E-state index contributed by atoms with van der Waals surface area (Å²) in [6, 6.07) is 4.09. The van der Waals surface area contributed by atoms with E-state index < -0.39 is 10.0 Å². The van der Waals surface area contributed by atoms with Gasteiger partial charge in [-0.25, -0.2) is 8.42 Å². The summed E-state index contributed by atoms with van der Waals surface area (Å²) >= 11 is 0. The van der Waals surface area contributed by atoms with E-state index in [2.05, 4.69) is 10.3 Å². The van der Waals surface area contributed by atoms with Crippen molar-refractivity contribution >= 4 is 27.5 Å². The van der Waals surface area contributed by atoms with Crippen LogP contribution >= 0.6 is 0 Å². The van der Waals surface area contributed by atoms with Crippen molar-refractivity contribution in [2.24, 2.45) is 5.92 Å². The van der Waals surface area contributed by atoms with Crippen molar-refractivity contribution in [1.29, 1.82) is 0 Å². The summed E-state index contributed by atoms with van der Waals surface area (Å²) in [7, 11) is -3.89. The molecular weight excluding hydrogens is 476 g/mol. The van der Waals surface area contributed by atoms with Crippen LogP contribution in [-0.4, -0.2) is 60.6 Å². The zero-order valence-corrected chi connectivity index (χ0v) is 22.8. The highest BCUT2D eigenvalue weighted by Crippen LogP contribution is 2.32. The van der Waals surface area contributed by atoms with Crippen molar-refractivity contribution in [3.8, 4) is 0 Å². The number of rotatable bonds is 5. The van der Waals surface area contributed by atoms with Crippen LogP contribution in [0.5, 0.6) is 0 Å². The quantitative estimate of drug-likeness (QED) is 0.624. The lowest BCUT2D eigenvalue weighted by Crippen LogP contribution is -2.42. The molecule has 2 fully saturated rings. The first-order valence-electron chi connectivity index (χ1n) is 12.9. The van der Waals surface area contributed by atoms with Gasteiger partial charge in [0.25, 0.3) is 5.91 Å². The number of H-pyrrole nitrogens is 1. The van der Waals surface area contributed by atoms with E-state index in [9.17, 15) is 18.0 Å². The van der Waals surface area contributed by atoms with E-state index in [1.54, 1.807) is 18.7 Å². The number of carbonyl (C=O) groups excluding carboxylic acids is 2. The van der Waals surface area contributed by atoms with Crippen LogP contribution in [0, 0.1) is 40.5 Å². The van der Waals surface area contributed by atoms with Gasteiger partial charge in [-0.15, -0.1) is 0 Å². The van der Waals surface area contributed by atoms with Crippen molar-refractivity contribution in [2.45, 2.75) is 71.6 Å². The number of carbonyl (C=O) groups is 2. The molecule has 2 aliphatic rings. The van der Waals surface area contributed by atoms with Gasteiger partial charge in [0.05, 0.1) is 5.56 Å². The average molecular weight is 515 g/mol. The van der Waals surface area contributed by atoms with Crippen molar-refractivity contribution in [1.82, 2.24) is 14.2 Å². The van der Waals surface area contributed by atoms with Gasteiger partial charge in [-0.3, -0.25) is 9.59 Å². The number of aromatic amines is 1. The Kier molecular flexibility index (Phi) is 7.61. The predicted molar refractivity (Wildman–Crippen MR) is 141 cm³/mol. The summed E-state index contributed by atoms with van der Waals surface area (Å²) < 4.78 is 28.9. The number of hydrogen-bond acceptors (Lipinski definition) is 4. The molecule has 2 aliphatic heterocycles. The molecule has 0 spiro atoms. The van der Waals surface area contributed by atoms with Crippen LogP contribution in [0.2, 0.25) is 0 Å². The molecule has 2 saturated heterocycles. The molecule has 2 amide bonds. The Labute approximate surface area is 214 Å². The van der Waals surface area contributed by atoms with Gasteiger partial charge >= 0.3 is 0 Å². The normalized spacial score (nSPS) is 17.9. The minimum absolute atomic E-state index is 0.0725. The van der Waals surface area contributed by atoms with Crippen molar-refractivity contribution in [2.75, 3.05) is 31.5 Å². The summed E-state index contributed by atoms with van der Waals surface area (Å²) in [5, 5.41) is 3.07. The first-order chi connectivity index (χ1) is 17.0. The van der Waals surface area contributed by atoms with E-state index >= 15 is 0 Å². The average Bonchev–Trinajstić information content (AvgIpc) is 3.15. The van der Waals surface area contributed by atoms with E-state index in [1.807, 2.05) is 32.9 Å². The molecule has 0 saturated carbocycles. The number of benzene rings is 1. The van der Waals surface area contributed by atoms with Crippen LogP contribution in [0.25, 0.3) is 0 Å². The number of nitrogens with one attached hydrogen (secondary N) is 2. The molecule has 196 valence electrons. The Morgan fingerprint density at radius 1 is 0.889 bits per heavy atom. The first-order valence-corrected chi connectivity index (χ1v) is 14.3. The molecule has 36 heavy (non-hydrogen) atoms. The highest BCUT2D eigenvalue weighted by Gasteiger charge is 2.38. The topological polar surface area (TPSA) is 103 Å². The molecule has 0 bridgehead atoms. The molecular formula is C27H38N4O4S. The van der Waals surface area contributed by atoms with E-state index in [0.29, 0.717) is 37.3 Å². The summed E-state index contributed by atoms with van der Waals surface area (Å²) in [5.74, 6) is -0.551. The van der Waals surface area contributed by atoms with Crippen molar-refractivity contribution in [3.63, 3.8) is 0 Å². The Hall–Kier alpha value is -2.65. The van der Waals surface area contributed by atoms with Gasteiger partial charge in [-0.1, -0.05) is 17.7 Å². The maximum absolute atomic E-state index is 13.8. The third kappa shape index (κ3) is 5.09. The summed E-state index contributed by atoms with van der Waals surface area (Å²) in [5.41, 5.74) is 5.35. The van der Waals surface area contributed by atoms with Gasteiger partial charge in [0, 0.05) is 49.2 Å². The van der Waals surface area contributed by atoms with Crippen LogP contribution < -0.4 is 5.32 Å². The number of likely N-dealkylation sites (tertiary alicyclic amines) is 1. The van der Waals surface area contributed by atoms with Crippen LogP contribution in [0.15, 0.2) is 17.0 Å². The van der Waals surface area contributed by atoms with E-state index in [4.69, 9.17) is 0 Å². The Morgan fingerprint density at radius 2 is 1.47 bits per heavy atom. The lowest BCUT2D eigenvalue weighted by atomic mass is 9.96. The fourth-order valence-corrected chi connectivity index (χ4v) is 7.57. The first kappa shape index (κ1) is 26.4. The van der Waals surface area contributed by atoms with E-state index in [1.165, 1.54) is 4.31 Å². The number of anilines is 1. The number of amides is 2. The molecule has 8 nitrogen and oxygen atoms in total. The lowest BCUT2D eigenvalue weighted by molar-refractivity contribution is -0.120. The molecule has 0 radical (unpaired) electrons. The van der Waals surface area contributed by atoms with Gasteiger partial charge in [0.15, 0.2) is 0 Å². The summed E-state index contributed by atoms with van der Waals surface area (Å²) in [6.07, 6.45) is 3.84. The molecule has 1 aromatic carbocycles.